The van der Waals surface area contributed by atoms with Crippen LogP contribution in [-0.2, 0) is 0 Å². The van der Waals surface area contributed by atoms with E-state index in [4.69, 9.17) is 0 Å². The zero-order valence-corrected chi connectivity index (χ0v) is 9.33. The third kappa shape index (κ3) is 1.31. The molecule has 2 heterocycles. The van der Waals surface area contributed by atoms with Crippen LogP contribution in [0.2, 0.25) is 0 Å². The smallest absolute Gasteiger partial charge is 0.170 e. The highest BCUT2D eigenvalue weighted by molar-refractivity contribution is 14.1. The van der Waals surface area contributed by atoms with Gasteiger partial charge in [-0.25, -0.2) is 9.97 Å². The largest absolute Gasteiger partial charge is 0.302 e. The van der Waals surface area contributed by atoms with Gasteiger partial charge in [0.1, 0.15) is 8.73 Å². The van der Waals surface area contributed by atoms with Gasteiger partial charge < -0.3 is 4.40 Å². The lowest BCUT2D eigenvalue weighted by Crippen LogP contribution is -1.87. The van der Waals surface area contributed by atoms with Crippen molar-refractivity contribution in [2.24, 2.45) is 0 Å². The molecule has 12 heavy (non-hydrogen) atoms. The second kappa shape index (κ2) is 3.21. The normalized spacial score (nSPS) is 10.8. The molecule has 0 fully saturated rings. The lowest BCUT2D eigenvalue weighted by molar-refractivity contribution is 1.04. The van der Waals surface area contributed by atoms with Crippen molar-refractivity contribution in [3.8, 4) is 0 Å². The van der Waals surface area contributed by atoms with Crippen LogP contribution < -0.4 is 0 Å². The van der Waals surface area contributed by atoms with Crippen molar-refractivity contribution in [3.63, 3.8) is 0 Å². The molecule has 0 spiro atoms. The molecule has 0 aliphatic heterocycles. The van der Waals surface area contributed by atoms with Gasteiger partial charge in [0.2, 0.25) is 0 Å². The van der Waals surface area contributed by atoms with Crippen LogP contribution in [-0.4, -0.2) is 20.6 Å². The Balaban J connectivity index is 2.78. The summed E-state index contributed by atoms with van der Waals surface area (Å²) in [4.78, 5) is 8.57. The Kier molecular flexibility index (Phi) is 2.22. The summed E-state index contributed by atoms with van der Waals surface area (Å²) in [5.74, 6) is 0. The van der Waals surface area contributed by atoms with Gasteiger partial charge in [0.05, 0.1) is 0 Å². The van der Waals surface area contributed by atoms with Gasteiger partial charge >= 0.3 is 0 Å². The lowest BCUT2D eigenvalue weighted by atomic mass is 10.7. The third-order valence-corrected chi connectivity index (χ3v) is 2.70. The molecule has 0 saturated heterocycles. The molecule has 0 bridgehead atoms. The molecule has 0 aliphatic rings. The molecule has 3 nitrogen and oxygen atoms in total. The second-order valence-corrected chi connectivity index (χ2v) is 4.13. The van der Waals surface area contributed by atoms with E-state index in [9.17, 15) is 0 Å². The van der Waals surface area contributed by atoms with Crippen LogP contribution in [0.5, 0.6) is 0 Å². The standard InChI is InChI=1S/C7H6IN3S/c1-12-7-6-10-5(8)4-11(6)3-2-9-7/h2-4H,1H3. The van der Waals surface area contributed by atoms with E-state index >= 15 is 0 Å². The van der Waals surface area contributed by atoms with Crippen molar-refractivity contribution in [1.82, 2.24) is 14.4 Å². The summed E-state index contributed by atoms with van der Waals surface area (Å²) < 4.78 is 2.98. The molecule has 5 heteroatoms. The number of aromatic nitrogens is 3. The summed E-state index contributed by atoms with van der Waals surface area (Å²) in [7, 11) is 0. The van der Waals surface area contributed by atoms with E-state index in [2.05, 4.69) is 32.6 Å². The van der Waals surface area contributed by atoms with Gasteiger partial charge in [0.15, 0.2) is 5.65 Å². The van der Waals surface area contributed by atoms with Crippen molar-refractivity contribution >= 4 is 40.0 Å². The number of hydrogen-bond acceptors (Lipinski definition) is 3. The molecular weight excluding hydrogens is 285 g/mol. The summed E-state index contributed by atoms with van der Waals surface area (Å²) in [5, 5.41) is 0.973. The van der Waals surface area contributed by atoms with Crippen molar-refractivity contribution in [3.05, 3.63) is 22.3 Å². The van der Waals surface area contributed by atoms with E-state index in [-0.39, 0.29) is 0 Å². The molecule has 0 aromatic carbocycles. The first-order valence-electron chi connectivity index (χ1n) is 3.34. The minimum absolute atomic E-state index is 0.939. The lowest BCUT2D eigenvalue weighted by Gasteiger charge is -1.96. The van der Waals surface area contributed by atoms with Gasteiger partial charge in [-0.3, -0.25) is 0 Å². The Bertz CT molecular complexity index is 412. The predicted molar refractivity (Wildman–Crippen MR) is 57.5 cm³/mol. The molecule has 0 atom stereocenters. The first-order chi connectivity index (χ1) is 5.81. The second-order valence-electron chi connectivity index (χ2n) is 2.23. The van der Waals surface area contributed by atoms with Crippen LogP contribution in [0.15, 0.2) is 23.6 Å². The molecule has 0 N–H and O–H groups in total. The predicted octanol–water partition coefficient (Wildman–Crippen LogP) is 2.06. The van der Waals surface area contributed by atoms with E-state index in [0.717, 1.165) is 14.4 Å². The van der Waals surface area contributed by atoms with Gasteiger partial charge in [-0.05, 0) is 28.8 Å². The Morgan fingerprint density at radius 2 is 2.42 bits per heavy atom. The van der Waals surface area contributed by atoms with Crippen LogP contribution >= 0.6 is 34.4 Å². The maximum absolute atomic E-state index is 4.35. The number of halogens is 1. The third-order valence-electron chi connectivity index (χ3n) is 1.51. The quantitative estimate of drug-likeness (QED) is 0.595. The van der Waals surface area contributed by atoms with Gasteiger partial charge in [-0.1, -0.05) is 0 Å². The Hall–Kier alpha value is -0.300. The van der Waals surface area contributed by atoms with Gasteiger partial charge in [-0.2, -0.15) is 0 Å². The number of rotatable bonds is 1. The molecular formula is C7H6IN3S. The highest BCUT2D eigenvalue weighted by atomic mass is 127. The molecule has 0 aliphatic carbocycles. The monoisotopic (exact) mass is 291 g/mol. The number of fused-ring (bicyclic) bond motifs is 1. The fourth-order valence-corrected chi connectivity index (χ4v) is 2.04. The van der Waals surface area contributed by atoms with E-state index in [1.165, 1.54) is 0 Å². The van der Waals surface area contributed by atoms with Gasteiger partial charge in [-0.15, -0.1) is 11.8 Å². The van der Waals surface area contributed by atoms with E-state index in [1.54, 1.807) is 18.0 Å². The van der Waals surface area contributed by atoms with E-state index in [1.807, 2.05) is 23.1 Å². The van der Waals surface area contributed by atoms with Crippen molar-refractivity contribution in [2.75, 3.05) is 6.26 Å². The van der Waals surface area contributed by atoms with Gasteiger partial charge in [0.25, 0.3) is 0 Å². The summed E-state index contributed by atoms with van der Waals surface area (Å²) >= 11 is 3.81. The summed E-state index contributed by atoms with van der Waals surface area (Å²) in [5.41, 5.74) is 0.939. The number of imidazole rings is 1. The maximum Gasteiger partial charge on any atom is 0.170 e. The molecule has 2 rings (SSSR count). The van der Waals surface area contributed by atoms with Crippen LogP contribution in [0.3, 0.4) is 0 Å². The number of hydrogen-bond donors (Lipinski definition) is 0. The average Bonchev–Trinajstić information content (AvgIpc) is 2.44. The number of nitrogens with zero attached hydrogens (tertiary/aromatic N) is 3. The minimum atomic E-state index is 0.939. The molecule has 2 aromatic heterocycles. The van der Waals surface area contributed by atoms with Crippen molar-refractivity contribution in [2.45, 2.75) is 5.03 Å². The zero-order valence-electron chi connectivity index (χ0n) is 6.36. The highest BCUT2D eigenvalue weighted by Crippen LogP contribution is 2.17. The molecule has 0 unspecified atom stereocenters. The van der Waals surface area contributed by atoms with E-state index < -0.39 is 0 Å². The molecule has 2 aromatic rings. The SMILES string of the molecule is CSc1nccn2cc(I)nc12. The van der Waals surface area contributed by atoms with Crippen LogP contribution in [0, 0.1) is 3.70 Å². The summed E-state index contributed by atoms with van der Waals surface area (Å²) in [6, 6.07) is 0. The Labute approximate surface area is 87.7 Å². The molecule has 0 amide bonds. The van der Waals surface area contributed by atoms with Crippen LogP contribution in [0.4, 0.5) is 0 Å². The van der Waals surface area contributed by atoms with Gasteiger partial charge in [0, 0.05) is 18.6 Å². The summed E-state index contributed by atoms with van der Waals surface area (Å²) in [6.45, 7) is 0. The average molecular weight is 291 g/mol. The maximum atomic E-state index is 4.35. The first-order valence-corrected chi connectivity index (χ1v) is 5.65. The molecule has 0 radical (unpaired) electrons. The minimum Gasteiger partial charge on any atom is -0.302 e. The highest BCUT2D eigenvalue weighted by Gasteiger charge is 2.03. The number of thioether (sulfide) groups is 1. The fraction of sp³-hybridized carbons (Fsp3) is 0.143. The Morgan fingerprint density at radius 1 is 1.58 bits per heavy atom. The van der Waals surface area contributed by atoms with Crippen molar-refractivity contribution < 1.29 is 0 Å². The van der Waals surface area contributed by atoms with Crippen LogP contribution in [0.25, 0.3) is 5.65 Å². The van der Waals surface area contributed by atoms with Crippen LogP contribution in [0.1, 0.15) is 0 Å². The Morgan fingerprint density at radius 3 is 3.17 bits per heavy atom. The first kappa shape index (κ1) is 8.31. The zero-order chi connectivity index (χ0) is 8.55. The topological polar surface area (TPSA) is 30.2 Å². The summed E-state index contributed by atoms with van der Waals surface area (Å²) in [6.07, 6.45) is 7.68. The van der Waals surface area contributed by atoms with E-state index in [0.29, 0.717) is 0 Å². The molecule has 62 valence electrons. The van der Waals surface area contributed by atoms with Crippen molar-refractivity contribution in [1.29, 1.82) is 0 Å². The fourth-order valence-electron chi connectivity index (χ4n) is 1.01. The molecule has 0 saturated carbocycles.